The number of hydrazine groups is 1. The van der Waals surface area contributed by atoms with Crippen LogP contribution < -0.4 is 11.3 Å². The monoisotopic (exact) mass is 236 g/mol. The van der Waals surface area contributed by atoms with E-state index < -0.39 is 0 Å². The van der Waals surface area contributed by atoms with Crippen molar-refractivity contribution in [2.75, 3.05) is 5.43 Å². The summed E-state index contributed by atoms with van der Waals surface area (Å²) in [6.45, 7) is 12.9. The molecule has 0 fully saturated rings. The maximum Gasteiger partial charge on any atom is 0.143 e. The fourth-order valence-corrected chi connectivity index (χ4v) is 1.51. The highest BCUT2D eigenvalue weighted by atomic mass is 15.3. The van der Waals surface area contributed by atoms with E-state index in [2.05, 4.69) is 56.9 Å². The zero-order chi connectivity index (χ0) is 13.3. The minimum Gasteiger partial charge on any atom is -0.308 e. The van der Waals surface area contributed by atoms with Crippen LogP contribution in [-0.2, 0) is 11.8 Å². The lowest BCUT2D eigenvalue weighted by atomic mass is 9.90. The Bertz CT molecular complexity index is 385. The smallest absolute Gasteiger partial charge is 0.143 e. The second kappa shape index (κ2) is 4.61. The first-order valence-electron chi connectivity index (χ1n) is 5.97. The van der Waals surface area contributed by atoms with E-state index in [-0.39, 0.29) is 10.8 Å². The first-order valence-corrected chi connectivity index (χ1v) is 5.97. The molecule has 0 aliphatic carbocycles. The highest BCUT2D eigenvalue weighted by molar-refractivity contribution is 5.36. The Morgan fingerprint density at radius 3 is 2.12 bits per heavy atom. The molecule has 4 heteroatoms. The van der Waals surface area contributed by atoms with Gasteiger partial charge in [-0.05, 0) is 5.41 Å². The molecule has 1 aromatic rings. The predicted molar refractivity (Wildman–Crippen MR) is 71.7 cm³/mol. The summed E-state index contributed by atoms with van der Waals surface area (Å²) in [5.41, 5.74) is 3.80. The second-order valence-corrected chi connectivity index (χ2v) is 6.69. The molecule has 0 unspecified atom stereocenters. The zero-order valence-electron chi connectivity index (χ0n) is 11.8. The van der Waals surface area contributed by atoms with E-state index in [1.807, 2.05) is 6.07 Å². The van der Waals surface area contributed by atoms with Crippen LogP contribution in [0.15, 0.2) is 6.07 Å². The van der Waals surface area contributed by atoms with Gasteiger partial charge < -0.3 is 5.43 Å². The van der Waals surface area contributed by atoms with Gasteiger partial charge in [-0.3, -0.25) is 0 Å². The van der Waals surface area contributed by atoms with Gasteiger partial charge in [-0.2, -0.15) is 0 Å². The molecule has 0 atom stereocenters. The fourth-order valence-electron chi connectivity index (χ4n) is 1.51. The summed E-state index contributed by atoms with van der Waals surface area (Å²) in [5, 5.41) is 0. The summed E-state index contributed by atoms with van der Waals surface area (Å²) in [4.78, 5) is 9.03. The summed E-state index contributed by atoms with van der Waals surface area (Å²) in [5.74, 6) is 6.98. The number of rotatable bonds is 2. The lowest BCUT2D eigenvalue weighted by Crippen LogP contribution is -2.20. The number of nitrogen functional groups attached to an aromatic ring is 1. The Morgan fingerprint density at radius 1 is 1.12 bits per heavy atom. The van der Waals surface area contributed by atoms with Crippen molar-refractivity contribution >= 4 is 5.82 Å². The van der Waals surface area contributed by atoms with Crippen LogP contribution >= 0.6 is 0 Å². The van der Waals surface area contributed by atoms with Gasteiger partial charge in [-0.1, -0.05) is 41.5 Å². The minimum absolute atomic E-state index is 0.00116. The van der Waals surface area contributed by atoms with Crippen molar-refractivity contribution < 1.29 is 0 Å². The molecule has 1 rings (SSSR count). The number of nitrogens with one attached hydrogen (secondary N) is 1. The summed E-state index contributed by atoms with van der Waals surface area (Å²) in [7, 11) is 0. The van der Waals surface area contributed by atoms with E-state index in [1.54, 1.807) is 0 Å². The summed E-state index contributed by atoms with van der Waals surface area (Å²) in [6.07, 6.45) is 0.839. The normalized spacial score (nSPS) is 12.6. The van der Waals surface area contributed by atoms with E-state index >= 15 is 0 Å². The predicted octanol–water partition coefficient (Wildman–Crippen LogP) is 2.65. The maximum atomic E-state index is 5.45. The van der Waals surface area contributed by atoms with Crippen LogP contribution in [0.1, 0.15) is 53.1 Å². The third-order valence-corrected chi connectivity index (χ3v) is 2.38. The zero-order valence-corrected chi connectivity index (χ0v) is 11.8. The van der Waals surface area contributed by atoms with Gasteiger partial charge in [0.1, 0.15) is 11.6 Å². The van der Waals surface area contributed by atoms with E-state index in [0.717, 1.165) is 17.9 Å². The van der Waals surface area contributed by atoms with E-state index in [1.165, 1.54) is 0 Å². The lowest BCUT2D eigenvalue weighted by Gasteiger charge is -2.22. The molecule has 0 saturated carbocycles. The van der Waals surface area contributed by atoms with Crippen LogP contribution in [0, 0.1) is 5.41 Å². The molecule has 3 N–H and O–H groups in total. The largest absolute Gasteiger partial charge is 0.308 e. The maximum absolute atomic E-state index is 5.45. The van der Waals surface area contributed by atoms with Crippen molar-refractivity contribution in [2.45, 2.75) is 53.4 Å². The Kier molecular flexibility index (Phi) is 3.77. The van der Waals surface area contributed by atoms with Gasteiger partial charge in [0.2, 0.25) is 0 Å². The molecule has 1 aromatic heterocycles. The number of nitrogens with zero attached hydrogens (tertiary/aromatic N) is 2. The Balaban J connectivity index is 3.15. The Hall–Kier alpha value is -1.16. The summed E-state index contributed by atoms with van der Waals surface area (Å²) in [6, 6.07) is 1.91. The highest BCUT2D eigenvalue weighted by Gasteiger charge is 2.20. The first kappa shape index (κ1) is 13.9. The first-order chi connectivity index (χ1) is 7.62. The molecule has 0 radical (unpaired) electrons. The molecular weight excluding hydrogens is 212 g/mol. The number of aromatic nitrogens is 2. The lowest BCUT2D eigenvalue weighted by molar-refractivity contribution is 0.398. The van der Waals surface area contributed by atoms with Crippen LogP contribution in [0.2, 0.25) is 0 Å². The molecule has 0 aliphatic rings. The Labute approximate surface area is 104 Å². The van der Waals surface area contributed by atoms with Crippen molar-refractivity contribution in [1.29, 1.82) is 0 Å². The van der Waals surface area contributed by atoms with Gasteiger partial charge in [-0.15, -0.1) is 0 Å². The van der Waals surface area contributed by atoms with Crippen molar-refractivity contribution in [2.24, 2.45) is 11.3 Å². The summed E-state index contributed by atoms with van der Waals surface area (Å²) >= 11 is 0. The molecule has 0 saturated heterocycles. The number of anilines is 1. The van der Waals surface area contributed by atoms with E-state index in [9.17, 15) is 0 Å². The highest BCUT2D eigenvalue weighted by Crippen LogP contribution is 2.24. The topological polar surface area (TPSA) is 63.8 Å². The van der Waals surface area contributed by atoms with Crippen molar-refractivity contribution in [3.63, 3.8) is 0 Å². The second-order valence-electron chi connectivity index (χ2n) is 6.69. The molecule has 17 heavy (non-hydrogen) atoms. The van der Waals surface area contributed by atoms with Crippen LogP contribution in [0.3, 0.4) is 0 Å². The van der Waals surface area contributed by atoms with Crippen LogP contribution in [0.25, 0.3) is 0 Å². The van der Waals surface area contributed by atoms with Crippen LogP contribution in [0.5, 0.6) is 0 Å². The van der Waals surface area contributed by atoms with Gasteiger partial charge in [0, 0.05) is 17.9 Å². The molecule has 1 heterocycles. The average Bonchev–Trinajstić information content (AvgIpc) is 2.13. The molecular formula is C13H24N4. The molecule has 0 spiro atoms. The Morgan fingerprint density at radius 2 is 1.71 bits per heavy atom. The van der Waals surface area contributed by atoms with E-state index in [4.69, 9.17) is 5.84 Å². The molecule has 0 amide bonds. The van der Waals surface area contributed by atoms with Crippen LogP contribution in [0.4, 0.5) is 5.82 Å². The number of hydrogen-bond acceptors (Lipinski definition) is 4. The van der Waals surface area contributed by atoms with Crippen molar-refractivity contribution in [3.8, 4) is 0 Å². The van der Waals surface area contributed by atoms with Gasteiger partial charge >= 0.3 is 0 Å². The SMILES string of the molecule is CC(C)(C)Cc1nc(NN)cc(C(C)(C)C)n1. The van der Waals surface area contributed by atoms with Gasteiger partial charge in [0.15, 0.2) is 0 Å². The van der Waals surface area contributed by atoms with Gasteiger partial charge in [0.05, 0.1) is 5.69 Å². The fraction of sp³-hybridized carbons (Fsp3) is 0.692. The van der Waals surface area contributed by atoms with Crippen LogP contribution in [-0.4, -0.2) is 9.97 Å². The standard InChI is InChI=1S/C13H24N4/c1-12(2,3)8-11-15-9(13(4,5)6)7-10(16-11)17-14/h7H,8,14H2,1-6H3,(H,15,16,17). The number of hydrogen-bond donors (Lipinski definition) is 2. The van der Waals surface area contributed by atoms with Gasteiger partial charge in [0.25, 0.3) is 0 Å². The summed E-state index contributed by atoms with van der Waals surface area (Å²) < 4.78 is 0. The third-order valence-electron chi connectivity index (χ3n) is 2.38. The minimum atomic E-state index is 0.00116. The van der Waals surface area contributed by atoms with Gasteiger partial charge in [-0.25, -0.2) is 15.8 Å². The van der Waals surface area contributed by atoms with Crippen molar-refractivity contribution in [3.05, 3.63) is 17.6 Å². The number of nitrogens with two attached hydrogens (primary N) is 1. The van der Waals surface area contributed by atoms with E-state index in [0.29, 0.717) is 5.82 Å². The third kappa shape index (κ3) is 4.30. The molecule has 0 bridgehead atoms. The van der Waals surface area contributed by atoms with Crippen molar-refractivity contribution in [1.82, 2.24) is 9.97 Å². The molecule has 4 nitrogen and oxygen atoms in total. The molecule has 0 aliphatic heterocycles. The average molecular weight is 236 g/mol. The molecule has 0 aromatic carbocycles. The molecule has 96 valence electrons. The quantitative estimate of drug-likeness (QED) is 0.612.